The van der Waals surface area contributed by atoms with Crippen LogP contribution in [0.15, 0.2) is 55.2 Å². The number of rotatable bonds is 6. The van der Waals surface area contributed by atoms with Crippen LogP contribution in [-0.4, -0.2) is 27.5 Å². The lowest BCUT2D eigenvalue weighted by Crippen LogP contribution is -2.26. The van der Waals surface area contributed by atoms with Crippen molar-refractivity contribution in [2.24, 2.45) is 0 Å². The van der Waals surface area contributed by atoms with E-state index in [9.17, 15) is 4.79 Å². The van der Waals surface area contributed by atoms with Crippen molar-refractivity contribution in [1.82, 2.24) is 20.3 Å². The molecule has 1 unspecified atom stereocenters. The lowest BCUT2D eigenvalue weighted by Gasteiger charge is -2.15. The lowest BCUT2D eigenvalue weighted by atomic mass is 10.0. The molecular weight excluding hydrogens is 364 g/mol. The molecule has 1 amide bonds. The molecule has 2 heterocycles. The highest BCUT2D eigenvalue weighted by atomic mass is 35.5. The number of amides is 1. The van der Waals surface area contributed by atoms with Crippen molar-refractivity contribution in [3.8, 4) is 17.0 Å². The second kappa shape index (κ2) is 8.60. The number of hydrogen-bond donors (Lipinski definition) is 1. The minimum absolute atomic E-state index is 0.177. The van der Waals surface area contributed by atoms with Gasteiger partial charge in [-0.1, -0.05) is 35.9 Å². The van der Waals surface area contributed by atoms with E-state index in [0.29, 0.717) is 23.1 Å². The third-order valence-corrected chi connectivity index (χ3v) is 4.27. The van der Waals surface area contributed by atoms with E-state index in [1.807, 2.05) is 38.1 Å². The van der Waals surface area contributed by atoms with Gasteiger partial charge >= 0.3 is 0 Å². The molecule has 6 nitrogen and oxygen atoms in total. The molecule has 1 atom stereocenters. The average molecular weight is 383 g/mol. The minimum Gasteiger partial charge on any atom is -0.477 e. The second-order valence-corrected chi connectivity index (χ2v) is 6.30. The number of halogens is 1. The van der Waals surface area contributed by atoms with Gasteiger partial charge in [-0.25, -0.2) is 15.0 Å². The van der Waals surface area contributed by atoms with Gasteiger partial charge in [-0.2, -0.15) is 0 Å². The van der Waals surface area contributed by atoms with Crippen LogP contribution in [0.2, 0.25) is 5.02 Å². The van der Waals surface area contributed by atoms with E-state index < -0.39 is 0 Å². The molecule has 3 aromatic rings. The fourth-order valence-corrected chi connectivity index (χ4v) is 2.79. The van der Waals surface area contributed by atoms with E-state index in [-0.39, 0.29) is 11.9 Å². The van der Waals surface area contributed by atoms with Gasteiger partial charge in [-0.15, -0.1) is 0 Å². The molecule has 3 rings (SSSR count). The quantitative estimate of drug-likeness (QED) is 0.695. The predicted octanol–water partition coefficient (Wildman–Crippen LogP) is 4.08. The average Bonchev–Trinajstić information content (AvgIpc) is 2.70. The van der Waals surface area contributed by atoms with Crippen molar-refractivity contribution in [2.75, 3.05) is 6.61 Å². The zero-order valence-electron chi connectivity index (χ0n) is 15.0. The Morgan fingerprint density at radius 3 is 2.48 bits per heavy atom. The molecule has 0 aliphatic rings. The summed E-state index contributed by atoms with van der Waals surface area (Å²) in [6.45, 7) is 4.22. The minimum atomic E-state index is -0.250. The number of nitrogens with one attached hydrogen (secondary N) is 1. The maximum Gasteiger partial charge on any atom is 0.253 e. The summed E-state index contributed by atoms with van der Waals surface area (Å²) in [7, 11) is 0. The van der Waals surface area contributed by atoms with Crippen LogP contribution >= 0.6 is 11.6 Å². The van der Waals surface area contributed by atoms with Crippen LogP contribution in [0.25, 0.3) is 11.1 Å². The summed E-state index contributed by atoms with van der Waals surface area (Å²) in [6, 6.07) is 9.27. The fourth-order valence-electron chi connectivity index (χ4n) is 2.57. The maximum atomic E-state index is 12.5. The first-order valence-electron chi connectivity index (χ1n) is 8.53. The maximum absolute atomic E-state index is 12.5. The van der Waals surface area contributed by atoms with Crippen LogP contribution in [0.1, 0.15) is 35.8 Å². The Morgan fingerprint density at radius 2 is 1.85 bits per heavy atom. The van der Waals surface area contributed by atoms with E-state index in [0.717, 1.165) is 16.7 Å². The summed E-state index contributed by atoms with van der Waals surface area (Å²) in [5.41, 5.74) is 3.32. The Labute approximate surface area is 162 Å². The van der Waals surface area contributed by atoms with E-state index >= 15 is 0 Å². The summed E-state index contributed by atoms with van der Waals surface area (Å²) < 4.78 is 5.29. The van der Waals surface area contributed by atoms with Crippen molar-refractivity contribution in [3.63, 3.8) is 0 Å². The van der Waals surface area contributed by atoms with Gasteiger partial charge in [0.25, 0.3) is 5.91 Å². The monoisotopic (exact) mass is 382 g/mol. The molecule has 0 aliphatic carbocycles. The van der Waals surface area contributed by atoms with Gasteiger partial charge in [0.15, 0.2) is 0 Å². The predicted molar refractivity (Wildman–Crippen MR) is 104 cm³/mol. The largest absolute Gasteiger partial charge is 0.477 e. The van der Waals surface area contributed by atoms with Crippen LogP contribution < -0.4 is 10.1 Å². The van der Waals surface area contributed by atoms with Gasteiger partial charge in [-0.05, 0) is 31.0 Å². The number of carbonyl (C=O) groups is 1. The Bertz CT molecular complexity index is 917. The molecule has 7 heteroatoms. The first kappa shape index (κ1) is 18.8. The first-order valence-corrected chi connectivity index (χ1v) is 8.91. The summed E-state index contributed by atoms with van der Waals surface area (Å²) >= 11 is 6.10. The number of pyridine rings is 1. The van der Waals surface area contributed by atoms with Crippen molar-refractivity contribution >= 4 is 17.5 Å². The van der Waals surface area contributed by atoms with Gasteiger partial charge in [0.05, 0.1) is 18.2 Å². The zero-order valence-corrected chi connectivity index (χ0v) is 15.8. The van der Waals surface area contributed by atoms with Crippen molar-refractivity contribution in [3.05, 3.63) is 71.4 Å². The van der Waals surface area contributed by atoms with Crippen molar-refractivity contribution in [2.45, 2.75) is 19.9 Å². The third-order valence-electron chi connectivity index (χ3n) is 4.00. The fraction of sp³-hybridized carbons (Fsp3) is 0.200. The summed E-state index contributed by atoms with van der Waals surface area (Å²) in [5.74, 6) is 0.0738. The van der Waals surface area contributed by atoms with Crippen LogP contribution in [0.3, 0.4) is 0 Å². The highest BCUT2D eigenvalue weighted by Crippen LogP contribution is 2.24. The second-order valence-electron chi connectivity index (χ2n) is 5.89. The van der Waals surface area contributed by atoms with Gasteiger partial charge in [-0.3, -0.25) is 4.79 Å². The molecule has 0 radical (unpaired) electrons. The molecule has 1 N–H and O–H groups in total. The molecule has 27 heavy (non-hydrogen) atoms. The molecule has 2 aromatic heterocycles. The normalized spacial score (nSPS) is 11.7. The molecule has 0 saturated heterocycles. The molecule has 0 saturated carbocycles. The van der Waals surface area contributed by atoms with Crippen LogP contribution in [0, 0.1) is 0 Å². The zero-order chi connectivity index (χ0) is 19.2. The smallest absolute Gasteiger partial charge is 0.253 e. The van der Waals surface area contributed by atoms with Gasteiger partial charge in [0, 0.05) is 24.2 Å². The molecule has 0 spiro atoms. The van der Waals surface area contributed by atoms with E-state index in [4.69, 9.17) is 16.3 Å². The van der Waals surface area contributed by atoms with Crippen LogP contribution in [-0.2, 0) is 0 Å². The van der Waals surface area contributed by atoms with Gasteiger partial charge in [0.1, 0.15) is 11.3 Å². The Balaban J connectivity index is 1.68. The highest BCUT2D eigenvalue weighted by molar-refractivity contribution is 6.32. The number of hydrogen-bond acceptors (Lipinski definition) is 5. The summed E-state index contributed by atoms with van der Waals surface area (Å²) in [5, 5.41) is 3.26. The topological polar surface area (TPSA) is 77.0 Å². The van der Waals surface area contributed by atoms with Crippen LogP contribution in [0.5, 0.6) is 5.88 Å². The van der Waals surface area contributed by atoms with Gasteiger partial charge < -0.3 is 10.1 Å². The van der Waals surface area contributed by atoms with E-state index in [1.165, 1.54) is 12.5 Å². The summed E-state index contributed by atoms with van der Waals surface area (Å²) in [6.07, 6.45) is 6.47. The number of aromatic nitrogens is 3. The Hall–Kier alpha value is -2.99. The van der Waals surface area contributed by atoms with Crippen molar-refractivity contribution < 1.29 is 9.53 Å². The molecule has 0 bridgehead atoms. The Morgan fingerprint density at radius 1 is 1.15 bits per heavy atom. The standard InChI is InChI=1S/C20H19ClN4O2/c1-3-27-20-18(21)8-16(11-24-20)19(26)25-13(2)14-4-6-15(7-5-14)17-9-22-12-23-10-17/h4-13H,3H2,1-2H3,(H,25,26). The molecule has 138 valence electrons. The molecule has 0 fully saturated rings. The third kappa shape index (κ3) is 4.60. The first-order chi connectivity index (χ1) is 13.1. The van der Waals surface area contributed by atoms with E-state index in [1.54, 1.807) is 18.5 Å². The molecule has 0 aliphatic heterocycles. The van der Waals surface area contributed by atoms with Crippen molar-refractivity contribution in [1.29, 1.82) is 0 Å². The molecule has 1 aromatic carbocycles. The number of benzene rings is 1. The number of carbonyl (C=O) groups excluding carboxylic acids is 1. The van der Waals surface area contributed by atoms with Gasteiger partial charge in [0.2, 0.25) is 5.88 Å². The molecular formula is C20H19ClN4O2. The highest BCUT2D eigenvalue weighted by Gasteiger charge is 2.14. The summed E-state index contributed by atoms with van der Waals surface area (Å²) in [4.78, 5) is 24.6. The number of nitrogens with zero attached hydrogens (tertiary/aromatic N) is 3. The lowest BCUT2D eigenvalue weighted by molar-refractivity contribution is 0.0939. The van der Waals surface area contributed by atoms with Crippen LogP contribution in [0.4, 0.5) is 0 Å². The van der Waals surface area contributed by atoms with E-state index in [2.05, 4.69) is 20.3 Å². The SMILES string of the molecule is CCOc1ncc(C(=O)NC(C)c2ccc(-c3cncnc3)cc2)cc1Cl. The number of ether oxygens (including phenoxy) is 1. The Kier molecular flexibility index (Phi) is 5.98.